The van der Waals surface area contributed by atoms with Crippen molar-refractivity contribution < 1.29 is 59.2 Å². The quantitative estimate of drug-likeness (QED) is 0.147. The van der Waals surface area contributed by atoms with Crippen molar-refractivity contribution in [3.63, 3.8) is 0 Å². The molecule has 12 heteroatoms. The first kappa shape index (κ1) is 33.5. The molecule has 0 saturated carbocycles. The van der Waals surface area contributed by atoms with E-state index in [1.54, 1.807) is 24.3 Å². The fraction of sp³-hybridized carbons (Fsp3) is 0.314. The Balaban J connectivity index is 1.30. The molecule has 47 heavy (non-hydrogen) atoms. The first-order valence-corrected chi connectivity index (χ1v) is 15.0. The van der Waals surface area contributed by atoms with Gasteiger partial charge >= 0.3 is 11.9 Å². The molecule has 7 atom stereocenters. The molecular formula is C35H36O12. The van der Waals surface area contributed by atoms with Gasteiger partial charge in [0.2, 0.25) is 0 Å². The zero-order valence-corrected chi connectivity index (χ0v) is 25.4. The van der Waals surface area contributed by atoms with E-state index in [0.29, 0.717) is 28.7 Å². The van der Waals surface area contributed by atoms with Crippen LogP contribution in [-0.2, 0) is 35.0 Å². The number of carbonyl (C=O) groups is 2. The summed E-state index contributed by atoms with van der Waals surface area (Å²) in [6.45, 7) is 1.40. The Hall–Kier alpha value is -4.88. The van der Waals surface area contributed by atoms with E-state index in [1.165, 1.54) is 48.6 Å². The van der Waals surface area contributed by atoms with Crippen molar-refractivity contribution >= 4 is 24.1 Å². The molecule has 6 N–H and O–H groups in total. The van der Waals surface area contributed by atoms with Gasteiger partial charge in [0.1, 0.15) is 47.9 Å². The number of hydrogen-bond donors (Lipinski definition) is 6. The van der Waals surface area contributed by atoms with Crippen LogP contribution in [0.5, 0.6) is 23.0 Å². The number of benzene rings is 3. The molecule has 0 bridgehead atoms. The van der Waals surface area contributed by atoms with Gasteiger partial charge in [0.25, 0.3) is 0 Å². The van der Waals surface area contributed by atoms with Gasteiger partial charge in [-0.05, 0) is 77.9 Å². The summed E-state index contributed by atoms with van der Waals surface area (Å²) >= 11 is 0. The van der Waals surface area contributed by atoms with Crippen molar-refractivity contribution in [2.24, 2.45) is 0 Å². The van der Waals surface area contributed by atoms with Crippen LogP contribution in [-0.4, -0.2) is 86.0 Å². The molecule has 1 aliphatic carbocycles. The Labute approximate surface area is 270 Å². The summed E-state index contributed by atoms with van der Waals surface area (Å²) in [5, 5.41) is 61.4. The predicted molar refractivity (Wildman–Crippen MR) is 167 cm³/mol. The highest BCUT2D eigenvalue weighted by Gasteiger charge is 2.48. The van der Waals surface area contributed by atoms with Gasteiger partial charge < -0.3 is 49.6 Å². The van der Waals surface area contributed by atoms with Gasteiger partial charge in [-0.25, -0.2) is 9.59 Å². The number of aliphatic hydroxyl groups is 2. The Kier molecular flexibility index (Phi) is 10.5. The van der Waals surface area contributed by atoms with Crippen LogP contribution in [0.3, 0.4) is 0 Å². The second-order valence-electron chi connectivity index (χ2n) is 11.5. The van der Waals surface area contributed by atoms with Crippen molar-refractivity contribution in [2.45, 2.75) is 62.5 Å². The number of rotatable bonds is 9. The standard InChI is InChI=1S/C35H36O12/c1-19-14-26(16-22-15-25(38)17-27(39)31(19)22)45-35-33(43)32(42)34(47-30(41)13-7-21-4-10-24(37)11-5-21)28(46-35)18-44-29(40)12-6-20-2-8-23(36)9-3-20/h2-13,15,17,19,26,28,32-39,42-43H,14,16,18H2,1H3/t19-,26+,28-,32-,33+,34+,35+/m0/s1. The van der Waals surface area contributed by atoms with Crippen molar-refractivity contribution in [2.75, 3.05) is 6.61 Å². The van der Waals surface area contributed by atoms with Gasteiger partial charge in [-0.2, -0.15) is 0 Å². The Bertz CT molecular complexity index is 1610. The van der Waals surface area contributed by atoms with E-state index in [4.69, 9.17) is 18.9 Å². The number of phenols is 4. The lowest BCUT2D eigenvalue weighted by Gasteiger charge is -2.43. The Morgan fingerprint density at radius 3 is 2.04 bits per heavy atom. The monoisotopic (exact) mass is 648 g/mol. The van der Waals surface area contributed by atoms with Gasteiger partial charge in [0.05, 0.1) is 6.10 Å². The maximum atomic E-state index is 12.8. The summed E-state index contributed by atoms with van der Waals surface area (Å²) in [6, 6.07) is 14.9. The van der Waals surface area contributed by atoms with Gasteiger partial charge in [0, 0.05) is 23.8 Å². The highest BCUT2D eigenvalue weighted by atomic mass is 16.7. The average Bonchev–Trinajstić information content (AvgIpc) is 3.02. The minimum absolute atomic E-state index is 0.0271. The minimum atomic E-state index is -1.70. The largest absolute Gasteiger partial charge is 0.508 e. The maximum absolute atomic E-state index is 12.8. The van der Waals surface area contributed by atoms with Crippen molar-refractivity contribution in [1.29, 1.82) is 0 Å². The van der Waals surface area contributed by atoms with Crippen molar-refractivity contribution in [3.8, 4) is 23.0 Å². The number of hydrogen-bond acceptors (Lipinski definition) is 12. The Morgan fingerprint density at radius 1 is 0.830 bits per heavy atom. The van der Waals surface area contributed by atoms with Crippen LogP contribution in [0.25, 0.3) is 12.2 Å². The molecule has 3 aromatic carbocycles. The zero-order valence-electron chi connectivity index (χ0n) is 25.4. The van der Waals surface area contributed by atoms with Crippen LogP contribution in [0, 0.1) is 0 Å². The molecule has 12 nitrogen and oxygen atoms in total. The molecule has 0 spiro atoms. The highest BCUT2D eigenvalue weighted by molar-refractivity contribution is 5.87. The van der Waals surface area contributed by atoms with E-state index in [9.17, 15) is 40.2 Å². The van der Waals surface area contributed by atoms with E-state index < -0.39 is 55.4 Å². The SMILES string of the molecule is C[C@H]1C[C@@H](O[C@@H]2O[C@@H](COC(=O)C=Cc3ccc(O)cc3)[C@@H](OC(=O)C=Cc3ccc(O)cc3)[C@@H](O)[C@H]2O)Cc2cc(O)cc(O)c21. The molecule has 3 aromatic rings. The van der Waals surface area contributed by atoms with Crippen LogP contribution < -0.4 is 0 Å². The first-order chi connectivity index (χ1) is 22.5. The fourth-order valence-electron chi connectivity index (χ4n) is 5.74. The molecule has 0 radical (unpaired) electrons. The molecule has 0 unspecified atom stereocenters. The minimum Gasteiger partial charge on any atom is -0.508 e. The molecule has 0 aromatic heterocycles. The predicted octanol–water partition coefficient (Wildman–Crippen LogP) is 3.27. The van der Waals surface area contributed by atoms with Gasteiger partial charge in [-0.15, -0.1) is 0 Å². The lowest BCUT2D eigenvalue weighted by Crippen LogP contribution is -2.61. The normalized spacial score (nSPS) is 25.8. The second-order valence-corrected chi connectivity index (χ2v) is 11.5. The topological polar surface area (TPSA) is 192 Å². The van der Waals surface area contributed by atoms with E-state index in [0.717, 1.165) is 12.2 Å². The van der Waals surface area contributed by atoms with Crippen LogP contribution in [0.1, 0.15) is 41.5 Å². The average molecular weight is 649 g/mol. The van der Waals surface area contributed by atoms with Crippen molar-refractivity contribution in [1.82, 2.24) is 0 Å². The van der Waals surface area contributed by atoms with Crippen LogP contribution in [0.15, 0.2) is 72.8 Å². The third-order valence-corrected chi connectivity index (χ3v) is 8.00. The Morgan fingerprint density at radius 2 is 1.43 bits per heavy atom. The number of ether oxygens (including phenoxy) is 4. The smallest absolute Gasteiger partial charge is 0.331 e. The molecule has 5 rings (SSSR count). The second kappa shape index (κ2) is 14.7. The summed E-state index contributed by atoms with van der Waals surface area (Å²) in [5.74, 6) is -1.83. The maximum Gasteiger partial charge on any atom is 0.331 e. The first-order valence-electron chi connectivity index (χ1n) is 15.0. The van der Waals surface area contributed by atoms with E-state index in [1.807, 2.05) is 6.92 Å². The summed E-state index contributed by atoms with van der Waals surface area (Å²) in [6.07, 6.45) is -2.18. The molecule has 1 fully saturated rings. The number of carbonyl (C=O) groups excluding carboxylic acids is 2. The third kappa shape index (κ3) is 8.48. The highest BCUT2D eigenvalue weighted by Crippen LogP contribution is 2.41. The third-order valence-electron chi connectivity index (χ3n) is 8.00. The van der Waals surface area contributed by atoms with Gasteiger partial charge in [-0.1, -0.05) is 31.2 Å². The summed E-state index contributed by atoms with van der Waals surface area (Å²) < 4.78 is 22.9. The van der Waals surface area contributed by atoms with Gasteiger partial charge in [0.15, 0.2) is 12.4 Å². The molecular weight excluding hydrogens is 612 g/mol. The number of phenolic OH excluding ortho intramolecular Hbond substituents is 4. The molecule has 248 valence electrons. The lowest BCUT2D eigenvalue weighted by atomic mass is 9.81. The number of fused-ring (bicyclic) bond motifs is 1. The number of aliphatic hydroxyl groups excluding tert-OH is 2. The van der Waals surface area contributed by atoms with Crippen molar-refractivity contribution in [3.05, 3.63) is 95.1 Å². The zero-order chi connectivity index (χ0) is 33.7. The van der Waals surface area contributed by atoms with Crippen LogP contribution >= 0.6 is 0 Å². The summed E-state index contributed by atoms with van der Waals surface area (Å²) in [7, 11) is 0. The fourth-order valence-corrected chi connectivity index (χ4v) is 5.74. The number of esters is 2. The van der Waals surface area contributed by atoms with Crippen LogP contribution in [0.4, 0.5) is 0 Å². The summed E-state index contributed by atoms with van der Waals surface area (Å²) in [5.41, 5.74) is 2.56. The number of aromatic hydroxyl groups is 4. The van der Waals surface area contributed by atoms with E-state index in [-0.39, 0.29) is 35.3 Å². The lowest BCUT2D eigenvalue weighted by molar-refractivity contribution is -0.313. The molecule has 1 saturated heterocycles. The summed E-state index contributed by atoms with van der Waals surface area (Å²) in [4.78, 5) is 25.3. The molecule has 2 aliphatic rings. The molecule has 1 aliphatic heterocycles. The molecule has 1 heterocycles. The molecule has 0 amide bonds. The van der Waals surface area contributed by atoms with Crippen LogP contribution in [0.2, 0.25) is 0 Å². The van der Waals surface area contributed by atoms with Gasteiger partial charge in [-0.3, -0.25) is 0 Å². The van der Waals surface area contributed by atoms with E-state index in [2.05, 4.69) is 0 Å². The van der Waals surface area contributed by atoms with E-state index >= 15 is 0 Å².